The Morgan fingerprint density at radius 3 is 2.88 bits per heavy atom. The lowest BCUT2D eigenvalue weighted by atomic mass is 10.1. The van der Waals surface area contributed by atoms with Crippen LogP contribution in [0, 0.1) is 11.3 Å². The Hall–Kier alpha value is -0.890. The summed E-state index contributed by atoms with van der Waals surface area (Å²) in [5.74, 6) is 0.627. The van der Waals surface area contributed by atoms with E-state index in [9.17, 15) is 5.11 Å². The molecule has 0 spiro atoms. The highest BCUT2D eigenvalue weighted by Gasteiger charge is 2.19. The Bertz CT molecular complexity index is 429. The molecule has 17 heavy (non-hydrogen) atoms. The van der Waals surface area contributed by atoms with Crippen molar-refractivity contribution in [3.8, 4) is 6.07 Å². The molecule has 92 valence electrons. The third-order valence-electron chi connectivity index (χ3n) is 2.22. The fourth-order valence-electron chi connectivity index (χ4n) is 1.41. The van der Waals surface area contributed by atoms with Crippen molar-refractivity contribution in [2.24, 2.45) is 0 Å². The highest BCUT2D eigenvalue weighted by atomic mass is 35.5. The van der Waals surface area contributed by atoms with E-state index in [1.54, 1.807) is 36.9 Å². The van der Waals surface area contributed by atoms with Crippen molar-refractivity contribution >= 4 is 29.1 Å². The van der Waals surface area contributed by atoms with Crippen LogP contribution in [0.2, 0.25) is 5.02 Å². The molecule has 1 aromatic rings. The number of hydrogen-bond acceptors (Lipinski definition) is 4. The number of nitriles is 1. The molecule has 0 heterocycles. The zero-order valence-electron chi connectivity index (χ0n) is 9.83. The number of rotatable bonds is 5. The first-order valence-corrected chi connectivity index (χ1v) is 6.90. The van der Waals surface area contributed by atoms with E-state index in [0.717, 1.165) is 0 Å². The number of hydrogen-bond donors (Lipinski definition) is 2. The molecule has 1 atom stereocenters. The molecule has 0 aromatic heterocycles. The predicted molar refractivity (Wildman–Crippen MR) is 73.7 cm³/mol. The monoisotopic (exact) mass is 270 g/mol. The molecule has 0 fully saturated rings. The van der Waals surface area contributed by atoms with Crippen LogP contribution in [0.1, 0.15) is 12.5 Å². The summed E-state index contributed by atoms with van der Waals surface area (Å²) in [5, 5.41) is 22.6. The van der Waals surface area contributed by atoms with Crippen LogP contribution in [-0.4, -0.2) is 29.3 Å². The van der Waals surface area contributed by atoms with E-state index in [-0.39, 0.29) is 0 Å². The second-order valence-electron chi connectivity index (χ2n) is 4.09. The Kier molecular flexibility index (Phi) is 5.13. The van der Waals surface area contributed by atoms with E-state index in [2.05, 4.69) is 11.4 Å². The maximum atomic E-state index is 10.0. The largest absolute Gasteiger partial charge is 0.387 e. The van der Waals surface area contributed by atoms with Gasteiger partial charge < -0.3 is 10.4 Å². The Morgan fingerprint density at radius 1 is 1.59 bits per heavy atom. The first kappa shape index (κ1) is 14.2. The van der Waals surface area contributed by atoms with Crippen LogP contribution in [-0.2, 0) is 0 Å². The van der Waals surface area contributed by atoms with E-state index >= 15 is 0 Å². The molecule has 0 saturated carbocycles. The third kappa shape index (κ3) is 4.47. The van der Waals surface area contributed by atoms with Gasteiger partial charge >= 0.3 is 0 Å². The van der Waals surface area contributed by atoms with Gasteiger partial charge in [-0.1, -0.05) is 11.6 Å². The van der Waals surface area contributed by atoms with Crippen LogP contribution in [0.3, 0.4) is 0 Å². The lowest BCUT2D eigenvalue weighted by molar-refractivity contribution is 0.0997. The van der Waals surface area contributed by atoms with Gasteiger partial charge in [0, 0.05) is 17.3 Å². The van der Waals surface area contributed by atoms with Gasteiger partial charge in [-0.05, 0) is 31.4 Å². The topological polar surface area (TPSA) is 56.0 Å². The molecule has 1 aromatic carbocycles. The van der Waals surface area contributed by atoms with Crippen LogP contribution >= 0.6 is 23.4 Å². The molecule has 0 aliphatic rings. The molecule has 0 saturated heterocycles. The molecule has 0 radical (unpaired) electrons. The summed E-state index contributed by atoms with van der Waals surface area (Å²) in [5.41, 5.74) is 0.366. The fourth-order valence-corrected chi connectivity index (χ4v) is 2.30. The SMILES string of the molecule is CSC[C@](C)(O)CNc1cc(Cl)ccc1C#N. The molecule has 5 heteroatoms. The molecule has 0 amide bonds. The van der Waals surface area contributed by atoms with E-state index in [1.165, 1.54) is 0 Å². The number of benzene rings is 1. The number of thioether (sulfide) groups is 1. The van der Waals surface area contributed by atoms with Gasteiger partial charge in [0.1, 0.15) is 6.07 Å². The second-order valence-corrected chi connectivity index (χ2v) is 5.39. The van der Waals surface area contributed by atoms with Crippen molar-refractivity contribution in [2.75, 3.05) is 23.9 Å². The number of nitrogens with zero attached hydrogens (tertiary/aromatic N) is 1. The van der Waals surface area contributed by atoms with Gasteiger partial charge in [0.2, 0.25) is 0 Å². The molecule has 0 unspecified atom stereocenters. The number of anilines is 1. The Balaban J connectivity index is 2.75. The third-order valence-corrected chi connectivity index (χ3v) is 3.36. The molecular weight excluding hydrogens is 256 g/mol. The van der Waals surface area contributed by atoms with E-state index in [1.807, 2.05) is 6.26 Å². The van der Waals surface area contributed by atoms with Crippen LogP contribution in [0.15, 0.2) is 18.2 Å². The zero-order chi connectivity index (χ0) is 12.9. The smallest absolute Gasteiger partial charge is 0.101 e. The summed E-state index contributed by atoms with van der Waals surface area (Å²) in [4.78, 5) is 0. The molecule has 0 aliphatic heterocycles. The van der Waals surface area contributed by atoms with Crippen LogP contribution < -0.4 is 5.32 Å². The Labute approximate surface area is 111 Å². The van der Waals surface area contributed by atoms with Crippen molar-refractivity contribution in [3.63, 3.8) is 0 Å². The van der Waals surface area contributed by atoms with E-state index < -0.39 is 5.60 Å². The second kappa shape index (κ2) is 6.15. The highest BCUT2D eigenvalue weighted by molar-refractivity contribution is 7.98. The minimum Gasteiger partial charge on any atom is -0.387 e. The van der Waals surface area contributed by atoms with Crippen molar-refractivity contribution in [2.45, 2.75) is 12.5 Å². The maximum Gasteiger partial charge on any atom is 0.101 e. The van der Waals surface area contributed by atoms with Gasteiger partial charge in [0.05, 0.1) is 16.9 Å². The number of nitrogens with one attached hydrogen (secondary N) is 1. The van der Waals surface area contributed by atoms with Crippen LogP contribution in [0.5, 0.6) is 0 Å². The maximum absolute atomic E-state index is 10.0. The minimum atomic E-state index is -0.811. The standard InChI is InChI=1S/C12H15ClN2OS/c1-12(16,8-17-2)7-15-11-5-10(13)4-3-9(11)6-14/h3-5,15-16H,7-8H2,1-2H3/t12-/m1/s1. The first-order valence-electron chi connectivity index (χ1n) is 5.13. The molecule has 1 rings (SSSR count). The quantitative estimate of drug-likeness (QED) is 0.864. The van der Waals surface area contributed by atoms with Crippen molar-refractivity contribution in [1.82, 2.24) is 0 Å². The summed E-state index contributed by atoms with van der Waals surface area (Å²) in [6.45, 7) is 2.13. The van der Waals surface area contributed by atoms with Gasteiger partial charge in [-0.25, -0.2) is 0 Å². The molecular formula is C12H15ClN2OS. The van der Waals surface area contributed by atoms with Gasteiger partial charge in [-0.15, -0.1) is 0 Å². The Morgan fingerprint density at radius 2 is 2.29 bits per heavy atom. The van der Waals surface area contributed by atoms with Crippen molar-refractivity contribution in [3.05, 3.63) is 28.8 Å². The van der Waals surface area contributed by atoms with Crippen molar-refractivity contribution in [1.29, 1.82) is 5.26 Å². The summed E-state index contributed by atoms with van der Waals surface area (Å²) in [6.07, 6.45) is 1.94. The molecule has 2 N–H and O–H groups in total. The summed E-state index contributed by atoms with van der Waals surface area (Å²) in [7, 11) is 0. The normalized spacial score (nSPS) is 13.8. The highest BCUT2D eigenvalue weighted by Crippen LogP contribution is 2.21. The summed E-state index contributed by atoms with van der Waals surface area (Å²) < 4.78 is 0. The molecule has 0 aliphatic carbocycles. The molecule has 3 nitrogen and oxygen atoms in total. The van der Waals surface area contributed by atoms with Gasteiger partial charge in [0.15, 0.2) is 0 Å². The van der Waals surface area contributed by atoms with Crippen molar-refractivity contribution < 1.29 is 5.11 Å². The van der Waals surface area contributed by atoms with Gasteiger partial charge in [-0.3, -0.25) is 0 Å². The average molecular weight is 271 g/mol. The van der Waals surface area contributed by atoms with E-state index in [4.69, 9.17) is 16.9 Å². The van der Waals surface area contributed by atoms with E-state index in [0.29, 0.717) is 28.6 Å². The fraction of sp³-hybridized carbons (Fsp3) is 0.417. The lowest BCUT2D eigenvalue weighted by Gasteiger charge is -2.23. The van der Waals surface area contributed by atoms with Crippen LogP contribution in [0.25, 0.3) is 0 Å². The summed E-state index contributed by atoms with van der Waals surface area (Å²) in [6, 6.07) is 7.11. The number of aliphatic hydroxyl groups is 1. The zero-order valence-corrected chi connectivity index (χ0v) is 11.4. The molecule has 0 bridgehead atoms. The average Bonchev–Trinajstić information content (AvgIpc) is 2.27. The predicted octanol–water partition coefficient (Wildman–Crippen LogP) is 2.74. The van der Waals surface area contributed by atoms with Crippen LogP contribution in [0.4, 0.5) is 5.69 Å². The van der Waals surface area contributed by atoms with Gasteiger partial charge in [-0.2, -0.15) is 17.0 Å². The minimum absolute atomic E-state index is 0.378. The summed E-state index contributed by atoms with van der Waals surface area (Å²) >= 11 is 7.44. The lowest BCUT2D eigenvalue weighted by Crippen LogP contribution is -2.36. The van der Waals surface area contributed by atoms with Gasteiger partial charge in [0.25, 0.3) is 0 Å². The number of halogens is 1. The first-order chi connectivity index (χ1) is 7.98.